The molecule has 1 aliphatic carbocycles. The molecule has 1 saturated carbocycles. The first-order valence-corrected chi connectivity index (χ1v) is 8.82. The third kappa shape index (κ3) is 2.40. The summed E-state index contributed by atoms with van der Waals surface area (Å²) in [5.74, 6) is -0.959. The van der Waals surface area contributed by atoms with E-state index in [-0.39, 0.29) is 17.9 Å². The quantitative estimate of drug-likeness (QED) is 0.745. The van der Waals surface area contributed by atoms with Gasteiger partial charge in [-0.05, 0) is 25.0 Å². The second-order valence-corrected chi connectivity index (χ2v) is 7.24. The van der Waals surface area contributed by atoms with E-state index in [9.17, 15) is 9.59 Å². The van der Waals surface area contributed by atoms with Gasteiger partial charge in [-0.1, -0.05) is 52.5 Å². The summed E-state index contributed by atoms with van der Waals surface area (Å²) in [5, 5.41) is 4.03. The van der Waals surface area contributed by atoms with E-state index in [0.717, 1.165) is 35.7 Å². The molecule has 2 heterocycles. The number of carbonyl (C=O) groups is 2. The first-order chi connectivity index (χ1) is 11.2. The Morgan fingerprint density at radius 1 is 1.04 bits per heavy atom. The Kier molecular flexibility index (Phi) is 3.71. The van der Waals surface area contributed by atoms with Crippen molar-refractivity contribution >= 4 is 33.5 Å². The van der Waals surface area contributed by atoms with Crippen molar-refractivity contribution in [2.24, 2.45) is 11.1 Å². The number of halogens is 1. The van der Waals surface area contributed by atoms with E-state index in [1.54, 1.807) is 0 Å². The average molecular weight is 377 g/mol. The molecule has 6 heteroatoms. The van der Waals surface area contributed by atoms with E-state index in [0.29, 0.717) is 5.71 Å². The van der Waals surface area contributed by atoms with Gasteiger partial charge in [0.1, 0.15) is 11.6 Å². The van der Waals surface area contributed by atoms with Crippen molar-refractivity contribution in [2.45, 2.75) is 44.2 Å². The van der Waals surface area contributed by atoms with Gasteiger partial charge in [0.2, 0.25) is 12.0 Å². The maximum atomic E-state index is 12.9. The molecule has 0 bridgehead atoms. The van der Waals surface area contributed by atoms with E-state index in [1.165, 1.54) is 11.3 Å². The van der Waals surface area contributed by atoms with Gasteiger partial charge in [-0.25, -0.2) is 0 Å². The molecule has 5 nitrogen and oxygen atoms in total. The number of imide groups is 1. The smallest absolute Gasteiger partial charge is 0.274 e. The first kappa shape index (κ1) is 14.9. The Morgan fingerprint density at radius 2 is 1.74 bits per heavy atom. The lowest BCUT2D eigenvalue weighted by Crippen LogP contribution is -2.43. The molecule has 4 rings (SSSR count). The Balaban J connectivity index is 1.62. The molecule has 0 N–H and O–H groups in total. The first-order valence-electron chi connectivity index (χ1n) is 8.03. The number of hydrogen-bond acceptors (Lipinski definition) is 4. The lowest BCUT2D eigenvalue weighted by Gasteiger charge is -2.29. The number of amides is 2. The molecule has 1 aromatic carbocycles. The summed E-state index contributed by atoms with van der Waals surface area (Å²) in [6.45, 7) is 0. The summed E-state index contributed by atoms with van der Waals surface area (Å²) in [4.78, 5) is 32.3. The number of fused-ring (bicyclic) bond motifs is 1. The van der Waals surface area contributed by atoms with Crippen LogP contribution in [-0.4, -0.2) is 34.6 Å². The van der Waals surface area contributed by atoms with Crippen molar-refractivity contribution in [1.29, 1.82) is 0 Å². The average Bonchev–Trinajstić information content (AvgIpc) is 3.10. The van der Waals surface area contributed by atoms with Crippen LogP contribution in [0.2, 0.25) is 0 Å². The molecule has 1 saturated heterocycles. The molecule has 2 fully saturated rings. The fraction of sp³-hybridized carbons (Fsp3) is 0.471. The summed E-state index contributed by atoms with van der Waals surface area (Å²) in [7, 11) is 0. The summed E-state index contributed by atoms with van der Waals surface area (Å²) >= 11 is 3.39. The van der Waals surface area contributed by atoms with Crippen molar-refractivity contribution < 1.29 is 14.4 Å². The van der Waals surface area contributed by atoms with Gasteiger partial charge < -0.3 is 4.84 Å². The number of nitrogens with zero attached hydrogens (tertiary/aromatic N) is 2. The summed E-state index contributed by atoms with van der Waals surface area (Å²) in [5.41, 5.74) is 1.39. The maximum absolute atomic E-state index is 12.9. The molecular weight excluding hydrogens is 360 g/mol. The predicted molar refractivity (Wildman–Crippen MR) is 87.8 cm³/mol. The van der Waals surface area contributed by atoms with Gasteiger partial charge in [-0.2, -0.15) is 0 Å². The highest BCUT2D eigenvalue weighted by atomic mass is 79.9. The van der Waals surface area contributed by atoms with Crippen molar-refractivity contribution in [1.82, 2.24) is 4.90 Å². The number of likely N-dealkylation sites (tertiary alicyclic amines) is 1. The molecule has 23 heavy (non-hydrogen) atoms. The summed E-state index contributed by atoms with van der Waals surface area (Å²) < 4.78 is 0.954. The predicted octanol–water partition coefficient (Wildman–Crippen LogP) is 2.87. The van der Waals surface area contributed by atoms with Gasteiger partial charge in [0.05, 0.1) is 0 Å². The molecule has 2 amide bonds. The van der Waals surface area contributed by atoms with Crippen LogP contribution >= 0.6 is 15.9 Å². The third-order valence-corrected chi connectivity index (χ3v) is 5.45. The summed E-state index contributed by atoms with van der Waals surface area (Å²) in [6.07, 6.45) is 4.37. The lowest BCUT2D eigenvalue weighted by atomic mass is 9.93. The van der Waals surface area contributed by atoms with Gasteiger partial charge in [0, 0.05) is 16.1 Å². The maximum Gasteiger partial charge on any atom is 0.274 e. The zero-order chi connectivity index (χ0) is 16.0. The van der Waals surface area contributed by atoms with Crippen LogP contribution < -0.4 is 0 Å². The molecular formula is C17H17BrN2O3. The van der Waals surface area contributed by atoms with Crippen molar-refractivity contribution in [2.75, 3.05) is 0 Å². The molecule has 0 spiro atoms. The normalized spacial score (nSPS) is 27.9. The minimum Gasteiger partial charge on any atom is -0.381 e. The van der Waals surface area contributed by atoms with Crippen molar-refractivity contribution in [3.05, 3.63) is 34.3 Å². The molecule has 1 aromatic rings. The van der Waals surface area contributed by atoms with Crippen molar-refractivity contribution in [3.63, 3.8) is 0 Å². The number of carbonyl (C=O) groups excluding carboxylic acids is 2. The second kappa shape index (κ2) is 5.74. The Hall–Kier alpha value is -1.69. The van der Waals surface area contributed by atoms with Crippen LogP contribution in [0.4, 0.5) is 0 Å². The van der Waals surface area contributed by atoms with E-state index < -0.39 is 12.0 Å². The van der Waals surface area contributed by atoms with Crippen LogP contribution in [-0.2, 0) is 14.4 Å². The van der Waals surface area contributed by atoms with E-state index in [4.69, 9.17) is 4.84 Å². The van der Waals surface area contributed by atoms with Crippen LogP contribution in [0.5, 0.6) is 0 Å². The zero-order valence-corrected chi connectivity index (χ0v) is 14.2. The van der Waals surface area contributed by atoms with Crippen LogP contribution in [0.3, 0.4) is 0 Å². The Bertz CT molecular complexity index is 680. The molecule has 2 unspecified atom stereocenters. The topological polar surface area (TPSA) is 59.0 Å². The molecule has 0 aromatic heterocycles. The lowest BCUT2D eigenvalue weighted by molar-refractivity contribution is -0.145. The minimum absolute atomic E-state index is 0.0316. The molecule has 120 valence electrons. The fourth-order valence-corrected chi connectivity index (χ4v) is 4.02. The Morgan fingerprint density at radius 3 is 2.43 bits per heavy atom. The van der Waals surface area contributed by atoms with Crippen LogP contribution in [0.15, 0.2) is 33.9 Å². The van der Waals surface area contributed by atoms with E-state index in [1.807, 2.05) is 24.3 Å². The fourth-order valence-electron chi connectivity index (χ4n) is 3.76. The zero-order valence-electron chi connectivity index (χ0n) is 12.6. The van der Waals surface area contributed by atoms with E-state index in [2.05, 4.69) is 21.1 Å². The summed E-state index contributed by atoms with van der Waals surface area (Å²) in [6, 6.07) is 7.59. The van der Waals surface area contributed by atoms with Gasteiger partial charge in [0.25, 0.3) is 5.91 Å². The van der Waals surface area contributed by atoms with Crippen LogP contribution in [0, 0.1) is 5.92 Å². The standard InChI is InChI=1S/C17H17BrN2O3/c18-11-8-6-10(7-9-11)14-13-15(23-19-14)17(22)20(16(13)21)12-4-2-1-3-5-12/h6-9,12-13,15H,1-5H2. The van der Waals surface area contributed by atoms with Crippen LogP contribution in [0.1, 0.15) is 37.7 Å². The highest BCUT2D eigenvalue weighted by molar-refractivity contribution is 9.10. The van der Waals surface area contributed by atoms with Crippen molar-refractivity contribution in [3.8, 4) is 0 Å². The monoisotopic (exact) mass is 376 g/mol. The molecule has 2 atom stereocenters. The van der Waals surface area contributed by atoms with Gasteiger partial charge in [0.15, 0.2) is 0 Å². The van der Waals surface area contributed by atoms with Crippen LogP contribution in [0.25, 0.3) is 0 Å². The third-order valence-electron chi connectivity index (χ3n) is 4.93. The molecule has 2 aliphatic heterocycles. The highest BCUT2D eigenvalue weighted by Gasteiger charge is 2.57. The Labute approximate surface area is 142 Å². The molecule has 3 aliphatic rings. The van der Waals surface area contributed by atoms with E-state index >= 15 is 0 Å². The second-order valence-electron chi connectivity index (χ2n) is 6.33. The molecule has 0 radical (unpaired) electrons. The number of rotatable bonds is 2. The number of oxime groups is 1. The number of hydrogen-bond donors (Lipinski definition) is 0. The van der Waals surface area contributed by atoms with Gasteiger partial charge >= 0.3 is 0 Å². The van der Waals surface area contributed by atoms with Gasteiger partial charge in [-0.3, -0.25) is 14.5 Å². The largest absolute Gasteiger partial charge is 0.381 e. The van der Waals surface area contributed by atoms with Gasteiger partial charge in [-0.15, -0.1) is 0 Å². The SMILES string of the molecule is O=C1C2ON=C(c3ccc(Br)cc3)C2C(=O)N1C1CCCCC1. The highest BCUT2D eigenvalue weighted by Crippen LogP contribution is 2.36. The number of benzene rings is 1. The minimum atomic E-state index is -0.775.